The Morgan fingerprint density at radius 2 is 1.56 bits per heavy atom. The van der Waals surface area contributed by atoms with Crippen LogP contribution in [0.1, 0.15) is 88.5 Å². The van der Waals surface area contributed by atoms with Crippen molar-refractivity contribution in [3.05, 3.63) is 42.1 Å². The molecule has 4 rings (SSSR count). The molecule has 1 amide bonds. The van der Waals surface area contributed by atoms with Crippen molar-refractivity contribution in [3.63, 3.8) is 0 Å². The first-order valence-corrected chi connectivity index (χ1v) is 15.0. The van der Waals surface area contributed by atoms with Crippen LogP contribution in [0.4, 0.5) is 11.6 Å². The number of amides is 1. The lowest BCUT2D eigenvalue weighted by Gasteiger charge is -2.26. The number of hydrogen-bond donors (Lipinski definition) is 2. The van der Waals surface area contributed by atoms with Crippen molar-refractivity contribution in [1.29, 1.82) is 0 Å². The number of nitrogens with one attached hydrogen (secondary N) is 1. The number of carbonyl (C=O) groups is 1. The first-order valence-electron chi connectivity index (χ1n) is 15.0. The molecule has 39 heavy (non-hydrogen) atoms. The van der Waals surface area contributed by atoms with Crippen LogP contribution in [0.25, 0.3) is 11.2 Å². The van der Waals surface area contributed by atoms with E-state index in [1.165, 1.54) is 32.4 Å². The van der Waals surface area contributed by atoms with E-state index < -0.39 is 0 Å². The summed E-state index contributed by atoms with van der Waals surface area (Å²) < 4.78 is 2.11. The van der Waals surface area contributed by atoms with Gasteiger partial charge in [-0.25, -0.2) is 9.97 Å². The van der Waals surface area contributed by atoms with Crippen LogP contribution in [0.5, 0.6) is 5.75 Å². The molecule has 0 unspecified atom stereocenters. The predicted molar refractivity (Wildman–Crippen MR) is 159 cm³/mol. The van der Waals surface area contributed by atoms with Crippen molar-refractivity contribution in [1.82, 2.24) is 24.3 Å². The number of phenolic OH excluding ortho intramolecular Hbond substituents is 1. The minimum absolute atomic E-state index is 0.0122. The molecule has 1 aliphatic heterocycles. The average Bonchev–Trinajstić information content (AvgIpc) is 3.30. The largest absolute Gasteiger partial charge is 0.508 e. The summed E-state index contributed by atoms with van der Waals surface area (Å²) in [5.74, 6) is 0.940. The molecule has 1 aromatic carbocycles. The van der Waals surface area contributed by atoms with Gasteiger partial charge in [-0.2, -0.15) is 0 Å². The molecule has 0 saturated carbocycles. The van der Waals surface area contributed by atoms with Crippen LogP contribution in [0.3, 0.4) is 0 Å². The van der Waals surface area contributed by atoms with Crippen LogP contribution in [0.2, 0.25) is 0 Å². The third-order valence-corrected chi connectivity index (χ3v) is 7.59. The van der Waals surface area contributed by atoms with Gasteiger partial charge in [-0.15, -0.1) is 0 Å². The monoisotopic (exact) mass is 534 g/mol. The SMILES string of the molecule is CCCCCN(CCCCC)C(=O)c1ccc2nc(Nc3ccc(O)cc3)n(CCCN3CCCCC3)c2n1. The molecule has 3 heterocycles. The molecular formula is C31H46N6O2. The van der Waals surface area contributed by atoms with Crippen molar-refractivity contribution in [3.8, 4) is 5.75 Å². The predicted octanol–water partition coefficient (Wildman–Crippen LogP) is 6.58. The summed E-state index contributed by atoms with van der Waals surface area (Å²) >= 11 is 0. The third-order valence-electron chi connectivity index (χ3n) is 7.59. The van der Waals surface area contributed by atoms with Crippen molar-refractivity contribution in [2.24, 2.45) is 0 Å². The van der Waals surface area contributed by atoms with Gasteiger partial charge in [0.1, 0.15) is 17.0 Å². The highest BCUT2D eigenvalue weighted by Gasteiger charge is 2.20. The van der Waals surface area contributed by atoms with Gasteiger partial charge in [0, 0.05) is 25.3 Å². The smallest absolute Gasteiger partial charge is 0.272 e. The van der Waals surface area contributed by atoms with Gasteiger partial charge in [0.2, 0.25) is 5.95 Å². The molecule has 0 spiro atoms. The Morgan fingerprint density at radius 1 is 0.872 bits per heavy atom. The van der Waals surface area contributed by atoms with E-state index in [0.717, 1.165) is 88.0 Å². The van der Waals surface area contributed by atoms with E-state index in [9.17, 15) is 9.90 Å². The second kappa shape index (κ2) is 14.9. The molecule has 8 nitrogen and oxygen atoms in total. The molecule has 1 saturated heterocycles. The first kappa shape index (κ1) is 28.9. The highest BCUT2D eigenvalue weighted by molar-refractivity contribution is 5.94. The number of nitrogens with zero attached hydrogens (tertiary/aromatic N) is 5. The highest BCUT2D eigenvalue weighted by Crippen LogP contribution is 2.24. The van der Waals surface area contributed by atoms with E-state index in [2.05, 4.69) is 28.6 Å². The maximum absolute atomic E-state index is 13.6. The number of hydrogen-bond acceptors (Lipinski definition) is 6. The van der Waals surface area contributed by atoms with Gasteiger partial charge >= 0.3 is 0 Å². The molecular weight excluding hydrogens is 488 g/mol. The number of aryl methyl sites for hydroxylation is 1. The number of phenols is 1. The molecule has 2 N–H and O–H groups in total. The number of likely N-dealkylation sites (tertiary alicyclic amines) is 1. The Kier molecular flexibility index (Phi) is 11.0. The van der Waals surface area contributed by atoms with Gasteiger partial charge in [0.15, 0.2) is 5.65 Å². The number of aromatic nitrogens is 3. The maximum atomic E-state index is 13.6. The average molecular weight is 535 g/mol. The van der Waals surface area contributed by atoms with Gasteiger partial charge < -0.3 is 20.2 Å². The Labute approximate surface area is 233 Å². The van der Waals surface area contributed by atoms with E-state index >= 15 is 0 Å². The molecule has 1 fully saturated rings. The van der Waals surface area contributed by atoms with Crippen molar-refractivity contribution < 1.29 is 9.90 Å². The molecule has 0 bridgehead atoms. The number of imidazole rings is 1. The number of carbonyl (C=O) groups excluding carboxylic acids is 1. The van der Waals surface area contributed by atoms with Gasteiger partial charge in [-0.05, 0) is 88.1 Å². The van der Waals surface area contributed by atoms with Gasteiger partial charge in [0.25, 0.3) is 5.91 Å². The molecule has 0 radical (unpaired) electrons. The summed E-state index contributed by atoms with van der Waals surface area (Å²) in [4.78, 5) is 27.9. The molecule has 2 aromatic heterocycles. The number of unbranched alkanes of at least 4 members (excludes halogenated alkanes) is 4. The number of aromatic hydroxyl groups is 1. The number of pyridine rings is 1. The van der Waals surface area contributed by atoms with Gasteiger partial charge in [-0.1, -0.05) is 46.0 Å². The van der Waals surface area contributed by atoms with Crippen molar-refractivity contribution >= 4 is 28.7 Å². The number of piperidine rings is 1. The Morgan fingerprint density at radius 3 is 2.23 bits per heavy atom. The van der Waals surface area contributed by atoms with Crippen molar-refractivity contribution in [2.45, 2.75) is 84.6 Å². The van der Waals surface area contributed by atoms with E-state index in [1.54, 1.807) is 12.1 Å². The number of benzene rings is 1. The fourth-order valence-corrected chi connectivity index (χ4v) is 5.32. The zero-order chi connectivity index (χ0) is 27.5. The van der Waals surface area contributed by atoms with E-state index in [1.807, 2.05) is 29.2 Å². The Hall–Kier alpha value is -3.13. The highest BCUT2D eigenvalue weighted by atomic mass is 16.3. The second-order valence-electron chi connectivity index (χ2n) is 10.8. The summed E-state index contributed by atoms with van der Waals surface area (Å²) in [7, 11) is 0. The molecule has 8 heteroatoms. The third kappa shape index (κ3) is 8.18. The van der Waals surface area contributed by atoms with E-state index in [4.69, 9.17) is 9.97 Å². The summed E-state index contributed by atoms with van der Waals surface area (Å²) in [6.07, 6.45) is 11.4. The topological polar surface area (TPSA) is 86.5 Å². The molecule has 3 aromatic rings. The standard InChI is InChI=1S/C31H46N6O2/c1-3-5-8-22-36(23-9-6-4-2)30(39)28-18-17-27-29(33-28)37(24-12-21-35-19-10-7-11-20-35)31(34-27)32-25-13-15-26(38)16-14-25/h13-18,38H,3-12,19-24H2,1-2H3,(H,32,34). The lowest BCUT2D eigenvalue weighted by atomic mass is 10.1. The number of rotatable bonds is 15. The summed E-state index contributed by atoms with van der Waals surface area (Å²) in [5, 5.41) is 13.1. The summed E-state index contributed by atoms with van der Waals surface area (Å²) in [5.41, 5.74) is 2.84. The van der Waals surface area contributed by atoms with Crippen LogP contribution in [-0.2, 0) is 6.54 Å². The van der Waals surface area contributed by atoms with Crippen molar-refractivity contribution in [2.75, 3.05) is 38.0 Å². The van der Waals surface area contributed by atoms with E-state index in [-0.39, 0.29) is 11.7 Å². The molecule has 0 atom stereocenters. The van der Waals surface area contributed by atoms with Gasteiger partial charge in [0.05, 0.1) is 0 Å². The summed E-state index contributed by atoms with van der Waals surface area (Å²) in [6, 6.07) is 10.7. The minimum Gasteiger partial charge on any atom is -0.508 e. The number of anilines is 2. The van der Waals surface area contributed by atoms with Crippen LogP contribution < -0.4 is 5.32 Å². The lowest BCUT2D eigenvalue weighted by Crippen LogP contribution is -2.33. The zero-order valence-electron chi connectivity index (χ0n) is 23.9. The molecule has 0 aliphatic carbocycles. The van der Waals surface area contributed by atoms with Gasteiger partial charge in [-0.3, -0.25) is 9.36 Å². The quantitative estimate of drug-likeness (QED) is 0.169. The molecule has 212 valence electrons. The zero-order valence-corrected chi connectivity index (χ0v) is 23.9. The van der Waals surface area contributed by atoms with Crippen LogP contribution in [0.15, 0.2) is 36.4 Å². The fourth-order valence-electron chi connectivity index (χ4n) is 5.32. The maximum Gasteiger partial charge on any atom is 0.272 e. The Bertz CT molecular complexity index is 1160. The first-order chi connectivity index (χ1) is 19.1. The van der Waals surface area contributed by atoms with Crippen LogP contribution in [0, 0.1) is 0 Å². The van der Waals surface area contributed by atoms with Crippen LogP contribution in [-0.4, -0.2) is 68.1 Å². The normalized spacial score (nSPS) is 14.1. The second-order valence-corrected chi connectivity index (χ2v) is 10.8. The lowest BCUT2D eigenvalue weighted by molar-refractivity contribution is 0.0744. The van der Waals surface area contributed by atoms with E-state index in [0.29, 0.717) is 11.6 Å². The Balaban J connectivity index is 1.58. The fraction of sp³-hybridized carbons (Fsp3) is 0.581. The molecule has 1 aliphatic rings. The minimum atomic E-state index is 0.0122. The summed E-state index contributed by atoms with van der Waals surface area (Å²) in [6.45, 7) is 10.1. The number of fused-ring (bicyclic) bond motifs is 1. The van der Waals surface area contributed by atoms with Crippen LogP contribution >= 0.6 is 0 Å².